The van der Waals surface area contributed by atoms with E-state index in [0.29, 0.717) is 5.88 Å². The second kappa shape index (κ2) is 5.75. The van der Waals surface area contributed by atoms with E-state index in [4.69, 9.17) is 11.6 Å². The van der Waals surface area contributed by atoms with Gasteiger partial charge in [-0.3, -0.25) is 4.79 Å². The molecule has 2 rings (SSSR count). The Labute approximate surface area is 114 Å². The Balaban J connectivity index is 2.03. The molecule has 0 aliphatic heterocycles. The molecule has 1 aliphatic carbocycles. The van der Waals surface area contributed by atoms with E-state index in [1.807, 2.05) is 37.3 Å². The van der Waals surface area contributed by atoms with Gasteiger partial charge in [-0.2, -0.15) is 0 Å². The molecule has 1 aromatic carbocycles. The van der Waals surface area contributed by atoms with E-state index in [9.17, 15) is 4.79 Å². The van der Waals surface area contributed by atoms with Crippen LogP contribution in [0.25, 0.3) is 0 Å². The van der Waals surface area contributed by atoms with E-state index in [2.05, 4.69) is 5.32 Å². The summed E-state index contributed by atoms with van der Waals surface area (Å²) in [5, 5.41) is 3.17. The largest absolute Gasteiger partial charge is 0.349 e. The molecule has 1 N–H and O–H groups in total. The van der Waals surface area contributed by atoms with Gasteiger partial charge in [0.2, 0.25) is 5.91 Å². The van der Waals surface area contributed by atoms with Crippen molar-refractivity contribution in [2.45, 2.75) is 44.1 Å². The van der Waals surface area contributed by atoms with Gasteiger partial charge in [-0.15, -0.1) is 11.6 Å². The van der Waals surface area contributed by atoms with Crippen molar-refractivity contribution in [1.29, 1.82) is 0 Å². The normalized spacial score (nSPS) is 19.4. The van der Waals surface area contributed by atoms with Crippen molar-refractivity contribution in [2.24, 2.45) is 0 Å². The molecule has 1 aromatic rings. The molecule has 3 heteroatoms. The monoisotopic (exact) mass is 265 g/mol. The maximum absolute atomic E-state index is 12.3. The highest BCUT2D eigenvalue weighted by atomic mass is 35.5. The molecule has 0 aromatic heterocycles. The summed E-state index contributed by atoms with van der Waals surface area (Å²) in [4.78, 5) is 12.3. The zero-order valence-electron chi connectivity index (χ0n) is 10.8. The van der Waals surface area contributed by atoms with Gasteiger partial charge in [-0.1, -0.05) is 43.2 Å². The lowest BCUT2D eigenvalue weighted by atomic mass is 9.96. The summed E-state index contributed by atoms with van der Waals surface area (Å²) in [5.41, 5.74) is 0.888. The highest BCUT2D eigenvalue weighted by molar-refractivity contribution is 6.18. The van der Waals surface area contributed by atoms with Crippen LogP contribution in [-0.4, -0.2) is 17.3 Å². The number of nitrogens with one attached hydrogen (secondary N) is 1. The SMILES string of the molecule is CC(C(=O)NC1(CCl)CCCC1)c1ccccc1. The molecule has 0 saturated heterocycles. The number of carbonyl (C=O) groups is 1. The van der Waals surface area contributed by atoms with Gasteiger partial charge in [-0.05, 0) is 25.3 Å². The minimum Gasteiger partial charge on any atom is -0.349 e. The predicted octanol–water partition coefficient (Wildman–Crippen LogP) is 3.46. The van der Waals surface area contributed by atoms with Crippen LogP contribution in [0.3, 0.4) is 0 Å². The van der Waals surface area contributed by atoms with Gasteiger partial charge < -0.3 is 5.32 Å². The topological polar surface area (TPSA) is 29.1 Å². The Bertz CT molecular complexity index is 398. The van der Waals surface area contributed by atoms with Crippen LogP contribution in [-0.2, 0) is 4.79 Å². The standard InChI is InChI=1S/C15H20ClNO/c1-12(13-7-3-2-4-8-13)14(18)17-15(11-16)9-5-6-10-15/h2-4,7-8,12H,5-6,9-11H2,1H3,(H,17,18). The van der Waals surface area contributed by atoms with Crippen molar-refractivity contribution < 1.29 is 4.79 Å². The highest BCUT2D eigenvalue weighted by Crippen LogP contribution is 2.31. The fourth-order valence-corrected chi connectivity index (χ4v) is 2.94. The molecule has 1 saturated carbocycles. The number of amides is 1. The molecule has 1 unspecified atom stereocenters. The number of alkyl halides is 1. The van der Waals surface area contributed by atoms with E-state index in [-0.39, 0.29) is 17.4 Å². The van der Waals surface area contributed by atoms with Crippen molar-refractivity contribution in [3.05, 3.63) is 35.9 Å². The van der Waals surface area contributed by atoms with Crippen LogP contribution in [0.2, 0.25) is 0 Å². The molecule has 0 radical (unpaired) electrons. The van der Waals surface area contributed by atoms with Crippen LogP contribution in [0.5, 0.6) is 0 Å². The molecular formula is C15H20ClNO. The Kier molecular flexibility index (Phi) is 4.28. The lowest BCUT2D eigenvalue weighted by molar-refractivity contribution is -0.123. The van der Waals surface area contributed by atoms with Crippen molar-refractivity contribution in [2.75, 3.05) is 5.88 Å². The first-order valence-corrected chi connectivity index (χ1v) is 7.13. The Morgan fingerprint density at radius 2 is 1.94 bits per heavy atom. The maximum atomic E-state index is 12.3. The molecular weight excluding hydrogens is 246 g/mol. The van der Waals surface area contributed by atoms with E-state index < -0.39 is 0 Å². The van der Waals surface area contributed by atoms with Crippen molar-refractivity contribution in [1.82, 2.24) is 5.32 Å². The lowest BCUT2D eigenvalue weighted by Gasteiger charge is -2.29. The van der Waals surface area contributed by atoms with E-state index >= 15 is 0 Å². The van der Waals surface area contributed by atoms with Crippen LogP contribution in [0.1, 0.15) is 44.1 Å². The van der Waals surface area contributed by atoms with Crippen LogP contribution in [0.4, 0.5) is 0 Å². The third kappa shape index (κ3) is 2.86. The Morgan fingerprint density at radius 3 is 2.50 bits per heavy atom. The number of benzene rings is 1. The van der Waals surface area contributed by atoms with Crippen LogP contribution in [0, 0.1) is 0 Å². The second-order valence-corrected chi connectivity index (χ2v) is 5.51. The maximum Gasteiger partial charge on any atom is 0.227 e. The molecule has 98 valence electrons. The van der Waals surface area contributed by atoms with Crippen LogP contribution < -0.4 is 5.32 Å². The van der Waals surface area contributed by atoms with Crippen molar-refractivity contribution in [3.63, 3.8) is 0 Å². The molecule has 0 heterocycles. The quantitative estimate of drug-likeness (QED) is 0.830. The van der Waals surface area contributed by atoms with Gasteiger partial charge in [0.15, 0.2) is 0 Å². The predicted molar refractivity (Wildman–Crippen MR) is 74.9 cm³/mol. The van der Waals surface area contributed by atoms with E-state index in [1.165, 1.54) is 0 Å². The minimum atomic E-state index is -0.165. The molecule has 1 amide bonds. The fourth-order valence-electron chi connectivity index (χ4n) is 2.61. The van der Waals surface area contributed by atoms with Crippen LogP contribution in [0.15, 0.2) is 30.3 Å². The van der Waals surface area contributed by atoms with E-state index in [0.717, 1.165) is 31.2 Å². The molecule has 2 nitrogen and oxygen atoms in total. The van der Waals surface area contributed by atoms with Crippen molar-refractivity contribution in [3.8, 4) is 0 Å². The Hall–Kier alpha value is -1.02. The third-order valence-electron chi connectivity index (χ3n) is 3.90. The number of halogens is 1. The van der Waals surface area contributed by atoms with Crippen LogP contribution >= 0.6 is 11.6 Å². The average Bonchev–Trinajstić information content (AvgIpc) is 2.88. The summed E-state index contributed by atoms with van der Waals surface area (Å²) in [6, 6.07) is 9.88. The zero-order valence-corrected chi connectivity index (χ0v) is 11.5. The summed E-state index contributed by atoms with van der Waals surface area (Å²) >= 11 is 6.04. The molecule has 1 aliphatic rings. The first-order valence-electron chi connectivity index (χ1n) is 6.60. The van der Waals surface area contributed by atoms with Crippen molar-refractivity contribution >= 4 is 17.5 Å². The van der Waals surface area contributed by atoms with Gasteiger partial charge >= 0.3 is 0 Å². The average molecular weight is 266 g/mol. The molecule has 18 heavy (non-hydrogen) atoms. The van der Waals surface area contributed by atoms with Gasteiger partial charge in [0.1, 0.15) is 0 Å². The summed E-state index contributed by atoms with van der Waals surface area (Å²) in [5.74, 6) is 0.482. The zero-order chi connectivity index (χ0) is 13.0. The van der Waals surface area contributed by atoms with Gasteiger partial charge in [-0.25, -0.2) is 0 Å². The highest BCUT2D eigenvalue weighted by Gasteiger charge is 2.35. The summed E-state index contributed by atoms with van der Waals surface area (Å²) in [7, 11) is 0. The van der Waals surface area contributed by atoms with Gasteiger partial charge in [0, 0.05) is 5.88 Å². The first-order chi connectivity index (χ1) is 8.67. The second-order valence-electron chi connectivity index (χ2n) is 5.24. The summed E-state index contributed by atoms with van der Waals surface area (Å²) in [6.45, 7) is 1.95. The Morgan fingerprint density at radius 1 is 1.33 bits per heavy atom. The number of hydrogen-bond donors (Lipinski definition) is 1. The minimum absolute atomic E-state index is 0.0868. The smallest absolute Gasteiger partial charge is 0.227 e. The molecule has 1 atom stereocenters. The fraction of sp³-hybridized carbons (Fsp3) is 0.533. The number of rotatable bonds is 4. The molecule has 0 spiro atoms. The number of carbonyl (C=O) groups excluding carboxylic acids is 1. The molecule has 0 bridgehead atoms. The summed E-state index contributed by atoms with van der Waals surface area (Å²) in [6.07, 6.45) is 4.33. The third-order valence-corrected chi connectivity index (χ3v) is 4.41. The lowest BCUT2D eigenvalue weighted by Crippen LogP contribution is -2.49. The van der Waals surface area contributed by atoms with Gasteiger partial charge in [0.05, 0.1) is 11.5 Å². The first kappa shape index (κ1) is 13.4. The number of hydrogen-bond acceptors (Lipinski definition) is 1. The molecule has 1 fully saturated rings. The van der Waals surface area contributed by atoms with Gasteiger partial charge in [0.25, 0.3) is 0 Å². The summed E-state index contributed by atoms with van der Waals surface area (Å²) < 4.78 is 0. The van der Waals surface area contributed by atoms with E-state index in [1.54, 1.807) is 0 Å².